The van der Waals surface area contributed by atoms with E-state index in [-0.39, 0.29) is 41.1 Å². The topological polar surface area (TPSA) is 49.4 Å². The molecule has 1 fully saturated rings. The zero-order valence-electron chi connectivity index (χ0n) is 14.0. The normalized spacial score (nSPS) is 25.9. The maximum Gasteiger partial charge on any atom is 0.246 e. The van der Waals surface area contributed by atoms with Gasteiger partial charge in [-0.15, -0.1) is 0 Å². The van der Waals surface area contributed by atoms with Crippen LogP contribution in [0.15, 0.2) is 0 Å². The summed E-state index contributed by atoms with van der Waals surface area (Å²) in [6.07, 6.45) is 0.881. The molecule has 116 valence electrons. The van der Waals surface area contributed by atoms with Crippen LogP contribution in [-0.4, -0.2) is 35.3 Å². The van der Waals surface area contributed by atoms with Gasteiger partial charge in [0.25, 0.3) is 0 Å². The third-order valence-electron chi connectivity index (χ3n) is 3.94. The summed E-state index contributed by atoms with van der Waals surface area (Å²) in [5, 5.41) is 2.93. The molecule has 1 rings (SSSR count). The lowest BCUT2D eigenvalue weighted by molar-refractivity contribution is -0.154. The van der Waals surface area contributed by atoms with Crippen LogP contribution < -0.4 is 5.32 Å². The molecule has 0 aromatic rings. The standard InChI is InChI=1S/C16H30N2O2/c1-8-11(4)12-15(20)18(9-16(5,6)7)13(10(2)3)14(19)17-12/h10-13H,8-9H2,1-7H3,(H,17,19). The summed E-state index contributed by atoms with van der Waals surface area (Å²) < 4.78 is 0. The van der Waals surface area contributed by atoms with Crippen LogP contribution in [0.1, 0.15) is 54.9 Å². The molecule has 1 aliphatic heterocycles. The number of carbonyl (C=O) groups excluding carboxylic acids is 2. The highest BCUT2D eigenvalue weighted by Crippen LogP contribution is 2.26. The summed E-state index contributed by atoms with van der Waals surface area (Å²) in [6, 6.07) is -0.716. The summed E-state index contributed by atoms with van der Waals surface area (Å²) in [5.41, 5.74) is -0.0135. The molecule has 1 saturated heterocycles. The van der Waals surface area contributed by atoms with E-state index in [4.69, 9.17) is 0 Å². The van der Waals surface area contributed by atoms with Gasteiger partial charge in [-0.2, -0.15) is 0 Å². The number of amides is 2. The van der Waals surface area contributed by atoms with Gasteiger partial charge in [-0.05, 0) is 17.3 Å². The molecule has 0 saturated carbocycles. The Labute approximate surface area is 123 Å². The van der Waals surface area contributed by atoms with E-state index in [1.807, 2.05) is 27.7 Å². The average Bonchev–Trinajstić information content (AvgIpc) is 2.30. The predicted octanol–water partition coefficient (Wildman–Crippen LogP) is 2.43. The second kappa shape index (κ2) is 6.15. The van der Waals surface area contributed by atoms with E-state index in [0.717, 1.165) is 6.42 Å². The highest BCUT2D eigenvalue weighted by molar-refractivity contribution is 5.97. The maximum atomic E-state index is 12.8. The van der Waals surface area contributed by atoms with Crippen LogP contribution in [0.3, 0.4) is 0 Å². The van der Waals surface area contributed by atoms with Crippen molar-refractivity contribution in [2.75, 3.05) is 6.54 Å². The summed E-state index contributed by atoms with van der Waals surface area (Å²) in [5.74, 6) is 0.364. The fourth-order valence-electron chi connectivity index (χ4n) is 2.73. The van der Waals surface area contributed by atoms with Crippen molar-refractivity contribution in [2.45, 2.75) is 67.0 Å². The van der Waals surface area contributed by atoms with Crippen LogP contribution in [-0.2, 0) is 9.59 Å². The second-order valence-corrected chi connectivity index (χ2v) is 7.59. The minimum atomic E-state index is -0.371. The number of hydrogen-bond acceptors (Lipinski definition) is 2. The Bertz CT molecular complexity index is 371. The van der Waals surface area contributed by atoms with Crippen molar-refractivity contribution in [3.8, 4) is 0 Å². The van der Waals surface area contributed by atoms with E-state index in [2.05, 4.69) is 26.1 Å². The molecule has 3 atom stereocenters. The van der Waals surface area contributed by atoms with Crippen LogP contribution in [0.4, 0.5) is 0 Å². The van der Waals surface area contributed by atoms with E-state index in [0.29, 0.717) is 6.54 Å². The average molecular weight is 282 g/mol. The number of rotatable bonds is 4. The third-order valence-corrected chi connectivity index (χ3v) is 3.94. The van der Waals surface area contributed by atoms with Gasteiger partial charge in [0, 0.05) is 6.54 Å². The summed E-state index contributed by atoms with van der Waals surface area (Å²) in [4.78, 5) is 27.0. The van der Waals surface area contributed by atoms with Crippen LogP contribution in [0.2, 0.25) is 0 Å². The summed E-state index contributed by atoms with van der Waals surface area (Å²) in [7, 11) is 0. The van der Waals surface area contributed by atoms with Crippen molar-refractivity contribution < 1.29 is 9.59 Å². The smallest absolute Gasteiger partial charge is 0.246 e. The highest BCUT2D eigenvalue weighted by Gasteiger charge is 2.44. The van der Waals surface area contributed by atoms with Gasteiger partial charge in [0.15, 0.2) is 0 Å². The van der Waals surface area contributed by atoms with E-state index in [9.17, 15) is 9.59 Å². The first-order valence-electron chi connectivity index (χ1n) is 7.69. The molecule has 4 heteroatoms. The molecule has 0 aromatic carbocycles. The van der Waals surface area contributed by atoms with Crippen molar-refractivity contribution >= 4 is 11.8 Å². The SMILES string of the molecule is CCC(C)C1NC(=O)C(C(C)C)N(CC(C)(C)C)C1=O. The largest absolute Gasteiger partial charge is 0.342 e. The third kappa shape index (κ3) is 3.74. The monoisotopic (exact) mass is 282 g/mol. The van der Waals surface area contributed by atoms with Crippen LogP contribution >= 0.6 is 0 Å². The van der Waals surface area contributed by atoms with Crippen molar-refractivity contribution in [1.82, 2.24) is 10.2 Å². The van der Waals surface area contributed by atoms with E-state index in [1.54, 1.807) is 4.90 Å². The Balaban J connectivity index is 3.07. The summed E-state index contributed by atoms with van der Waals surface area (Å²) in [6.45, 7) is 15.0. The molecule has 1 N–H and O–H groups in total. The first-order chi connectivity index (χ1) is 9.08. The van der Waals surface area contributed by atoms with Crippen molar-refractivity contribution in [2.24, 2.45) is 17.3 Å². The van der Waals surface area contributed by atoms with E-state index >= 15 is 0 Å². The van der Waals surface area contributed by atoms with Gasteiger partial charge in [-0.3, -0.25) is 9.59 Å². The lowest BCUT2D eigenvalue weighted by Crippen LogP contribution is -2.67. The molecule has 0 bridgehead atoms. The molecule has 2 amide bonds. The van der Waals surface area contributed by atoms with Crippen molar-refractivity contribution in [3.63, 3.8) is 0 Å². The van der Waals surface area contributed by atoms with Gasteiger partial charge in [0.1, 0.15) is 12.1 Å². The fraction of sp³-hybridized carbons (Fsp3) is 0.875. The molecule has 3 unspecified atom stereocenters. The van der Waals surface area contributed by atoms with Gasteiger partial charge in [-0.1, -0.05) is 54.9 Å². The van der Waals surface area contributed by atoms with Crippen LogP contribution in [0, 0.1) is 17.3 Å². The molecule has 0 aliphatic carbocycles. The molecule has 1 heterocycles. The molecule has 20 heavy (non-hydrogen) atoms. The highest BCUT2D eigenvalue weighted by atomic mass is 16.2. The minimum absolute atomic E-state index is 0.00542. The predicted molar refractivity (Wildman–Crippen MR) is 81.2 cm³/mol. The first kappa shape index (κ1) is 17.0. The number of hydrogen-bond donors (Lipinski definition) is 1. The maximum absolute atomic E-state index is 12.8. The lowest BCUT2D eigenvalue weighted by atomic mass is 9.87. The Kier molecular flexibility index (Phi) is 5.22. The van der Waals surface area contributed by atoms with Crippen molar-refractivity contribution in [3.05, 3.63) is 0 Å². The van der Waals surface area contributed by atoms with Gasteiger partial charge in [0.05, 0.1) is 0 Å². The lowest BCUT2D eigenvalue weighted by Gasteiger charge is -2.44. The molecular weight excluding hydrogens is 252 g/mol. The molecule has 4 nitrogen and oxygen atoms in total. The Morgan fingerprint density at radius 1 is 1.20 bits per heavy atom. The molecule has 0 aromatic heterocycles. The van der Waals surface area contributed by atoms with Gasteiger partial charge in [-0.25, -0.2) is 0 Å². The summed E-state index contributed by atoms with van der Waals surface area (Å²) >= 11 is 0. The number of piperazine rings is 1. The molecular formula is C16H30N2O2. The minimum Gasteiger partial charge on any atom is -0.342 e. The second-order valence-electron chi connectivity index (χ2n) is 7.59. The fourth-order valence-corrected chi connectivity index (χ4v) is 2.73. The zero-order valence-corrected chi connectivity index (χ0v) is 14.0. The van der Waals surface area contributed by atoms with Gasteiger partial charge in [0.2, 0.25) is 11.8 Å². The first-order valence-corrected chi connectivity index (χ1v) is 7.69. The van der Waals surface area contributed by atoms with Gasteiger partial charge >= 0.3 is 0 Å². The van der Waals surface area contributed by atoms with Gasteiger partial charge < -0.3 is 10.2 Å². The number of carbonyl (C=O) groups is 2. The quantitative estimate of drug-likeness (QED) is 0.861. The Morgan fingerprint density at radius 2 is 1.75 bits per heavy atom. The van der Waals surface area contributed by atoms with Crippen LogP contribution in [0.5, 0.6) is 0 Å². The molecule has 0 spiro atoms. The Morgan fingerprint density at radius 3 is 2.15 bits per heavy atom. The van der Waals surface area contributed by atoms with Crippen LogP contribution in [0.25, 0.3) is 0 Å². The number of nitrogens with zero attached hydrogens (tertiary/aromatic N) is 1. The Hall–Kier alpha value is -1.06. The molecule has 1 aliphatic rings. The van der Waals surface area contributed by atoms with E-state index in [1.165, 1.54) is 0 Å². The zero-order chi connectivity index (χ0) is 15.7. The molecule has 0 radical (unpaired) electrons. The van der Waals surface area contributed by atoms with E-state index < -0.39 is 0 Å². The number of nitrogens with one attached hydrogen (secondary N) is 1. The van der Waals surface area contributed by atoms with Crippen molar-refractivity contribution in [1.29, 1.82) is 0 Å².